The Morgan fingerprint density at radius 2 is 2.17 bits per heavy atom. The molecular weight excluding hydrogens is 328 g/mol. The number of tetrazole rings is 1. The molecule has 1 aromatic heterocycles. The van der Waals surface area contributed by atoms with Crippen molar-refractivity contribution in [3.63, 3.8) is 0 Å². The molecule has 0 saturated heterocycles. The van der Waals surface area contributed by atoms with E-state index in [2.05, 4.69) is 25.9 Å². The second kappa shape index (κ2) is 6.22. The quantitative estimate of drug-likeness (QED) is 0.432. The summed E-state index contributed by atoms with van der Waals surface area (Å²) in [4.78, 5) is 10.6. The van der Waals surface area contributed by atoms with E-state index in [4.69, 9.17) is 14.9 Å². The van der Waals surface area contributed by atoms with Gasteiger partial charge in [0.1, 0.15) is 11.6 Å². The maximum atomic E-state index is 11.2. The predicted molar refractivity (Wildman–Crippen MR) is 74.6 cm³/mol. The summed E-state index contributed by atoms with van der Waals surface area (Å²) in [6, 6.07) is 4.72. The fraction of sp³-hybridized carbons (Fsp3) is 0. The Morgan fingerprint density at radius 3 is 2.70 bits per heavy atom. The summed E-state index contributed by atoms with van der Waals surface area (Å²) in [7, 11) is -4.54. The fourth-order valence-corrected chi connectivity index (χ4v) is 2.07. The summed E-state index contributed by atoms with van der Waals surface area (Å²) >= 11 is 0. The molecule has 2 rings (SSSR count). The van der Waals surface area contributed by atoms with Crippen LogP contribution in [-0.2, 0) is 10.1 Å². The number of benzene rings is 1. The molecule has 0 spiro atoms. The summed E-state index contributed by atoms with van der Waals surface area (Å²) in [5, 5.41) is 33.3. The Hall–Kier alpha value is -3.30. The van der Waals surface area contributed by atoms with Crippen LogP contribution in [0.4, 0.5) is 5.69 Å². The van der Waals surface area contributed by atoms with Gasteiger partial charge in [-0.15, -0.1) is 10.2 Å². The summed E-state index contributed by atoms with van der Waals surface area (Å²) in [6.07, 6.45) is 1.14. The number of hydrogen-bond acceptors (Lipinski definition) is 8. The second-order valence-corrected chi connectivity index (χ2v) is 5.46. The number of anilines is 1. The minimum absolute atomic E-state index is 0.00106. The summed E-state index contributed by atoms with van der Waals surface area (Å²) < 4.78 is 31.0. The number of carbonyl (C=O) groups is 1. The van der Waals surface area contributed by atoms with Gasteiger partial charge >= 0.3 is 5.97 Å². The normalized spacial score (nSPS) is 11.7. The Kier molecular flexibility index (Phi) is 4.35. The first-order valence-corrected chi connectivity index (χ1v) is 7.22. The van der Waals surface area contributed by atoms with Gasteiger partial charge in [0, 0.05) is 6.20 Å². The molecule has 0 fully saturated rings. The Morgan fingerprint density at radius 1 is 1.43 bits per heavy atom. The number of carboxylic acids is 1. The summed E-state index contributed by atoms with van der Waals surface area (Å²) in [5.74, 6) is -1.43. The third-order valence-electron chi connectivity index (χ3n) is 2.60. The highest BCUT2D eigenvalue weighted by molar-refractivity contribution is 7.85. The monoisotopic (exact) mass is 336 g/mol. The lowest BCUT2D eigenvalue weighted by atomic mass is 10.2. The number of nitrogens with zero attached hydrogens (tertiary/aromatic N) is 4. The lowest BCUT2D eigenvalue weighted by molar-refractivity contribution is 0.0697. The second-order valence-electron chi connectivity index (χ2n) is 4.04. The highest BCUT2D eigenvalue weighted by atomic mass is 32.2. The Labute approximate surface area is 129 Å². The Bertz CT molecular complexity index is 913. The van der Waals surface area contributed by atoms with E-state index in [0.717, 1.165) is 24.4 Å². The van der Waals surface area contributed by atoms with Gasteiger partial charge in [-0.25, -0.2) is 4.79 Å². The number of aromatic carboxylic acids is 1. The average molecular weight is 336 g/mol. The molecule has 0 radical (unpaired) electrons. The van der Waals surface area contributed by atoms with Crippen LogP contribution in [0.3, 0.4) is 0 Å². The zero-order valence-corrected chi connectivity index (χ0v) is 11.9. The van der Waals surface area contributed by atoms with E-state index in [0.29, 0.717) is 0 Å². The van der Waals surface area contributed by atoms with Crippen molar-refractivity contribution in [3.8, 4) is 6.07 Å². The third-order valence-corrected chi connectivity index (χ3v) is 3.45. The van der Waals surface area contributed by atoms with E-state index in [1.807, 2.05) is 0 Å². The van der Waals surface area contributed by atoms with Gasteiger partial charge in [0.05, 0.1) is 16.1 Å². The van der Waals surface area contributed by atoms with Crippen LogP contribution in [-0.4, -0.2) is 44.7 Å². The molecule has 0 aliphatic heterocycles. The number of nitriles is 1. The van der Waals surface area contributed by atoms with Crippen LogP contribution in [0.5, 0.6) is 0 Å². The zero-order chi connectivity index (χ0) is 17.0. The van der Waals surface area contributed by atoms with E-state index < -0.39 is 26.5 Å². The van der Waals surface area contributed by atoms with Crippen LogP contribution < -0.4 is 5.32 Å². The molecular formula is C11H8N6O5S. The molecule has 1 aromatic carbocycles. The predicted octanol–water partition coefficient (Wildman–Crippen LogP) is 0.121. The largest absolute Gasteiger partial charge is 0.478 e. The molecule has 1 heterocycles. The maximum Gasteiger partial charge on any atom is 0.337 e. The van der Waals surface area contributed by atoms with E-state index >= 15 is 0 Å². The molecule has 118 valence electrons. The topological polar surface area (TPSA) is 182 Å². The van der Waals surface area contributed by atoms with Crippen molar-refractivity contribution < 1.29 is 22.9 Å². The van der Waals surface area contributed by atoms with Crippen LogP contribution in [0.2, 0.25) is 0 Å². The van der Waals surface area contributed by atoms with Gasteiger partial charge in [-0.1, -0.05) is 0 Å². The van der Waals surface area contributed by atoms with Crippen molar-refractivity contribution in [2.24, 2.45) is 0 Å². The van der Waals surface area contributed by atoms with Crippen molar-refractivity contribution in [2.75, 3.05) is 5.32 Å². The van der Waals surface area contributed by atoms with Gasteiger partial charge in [0.25, 0.3) is 10.1 Å². The first-order chi connectivity index (χ1) is 10.8. The molecule has 0 amide bonds. The molecule has 11 nitrogen and oxygen atoms in total. The minimum atomic E-state index is -4.54. The summed E-state index contributed by atoms with van der Waals surface area (Å²) in [6.45, 7) is 0. The van der Waals surface area contributed by atoms with Gasteiger partial charge < -0.3 is 10.4 Å². The highest BCUT2D eigenvalue weighted by Crippen LogP contribution is 2.21. The van der Waals surface area contributed by atoms with Crippen LogP contribution in [0, 0.1) is 11.3 Å². The van der Waals surface area contributed by atoms with Gasteiger partial charge in [0.2, 0.25) is 5.82 Å². The molecule has 12 heteroatoms. The number of H-pyrrole nitrogens is 1. The van der Waals surface area contributed by atoms with Crippen molar-refractivity contribution in [1.82, 2.24) is 20.6 Å². The Balaban J connectivity index is 2.40. The average Bonchev–Trinajstić information content (AvgIpc) is 3.01. The number of allylic oxidation sites excluding steroid dienone is 1. The molecule has 0 unspecified atom stereocenters. The standard InChI is InChI=1S/C11H8N6O5S/c12-4-6(10-14-16-17-15-10)5-13-9-2-1-7(23(20,21)22)3-8(9)11(18)19/h1-3,5,13H,(H,18,19)(H,20,21,22)(H,14,15,16,17). The number of aromatic nitrogens is 4. The number of nitrogens with one attached hydrogen (secondary N) is 2. The van der Waals surface area contributed by atoms with Crippen LogP contribution in [0.1, 0.15) is 16.2 Å². The van der Waals surface area contributed by atoms with E-state index in [1.54, 1.807) is 6.07 Å². The first kappa shape index (κ1) is 16.1. The molecule has 4 N–H and O–H groups in total. The third kappa shape index (κ3) is 3.67. The minimum Gasteiger partial charge on any atom is -0.478 e. The number of rotatable bonds is 5. The van der Waals surface area contributed by atoms with Crippen LogP contribution in [0.15, 0.2) is 29.3 Å². The van der Waals surface area contributed by atoms with Gasteiger partial charge in [-0.2, -0.15) is 18.9 Å². The van der Waals surface area contributed by atoms with Gasteiger partial charge in [-0.3, -0.25) is 4.55 Å². The molecule has 2 aromatic rings. The number of aromatic amines is 1. The van der Waals surface area contributed by atoms with Gasteiger partial charge in [0.15, 0.2) is 0 Å². The first-order valence-electron chi connectivity index (χ1n) is 5.78. The molecule has 23 heavy (non-hydrogen) atoms. The lowest BCUT2D eigenvalue weighted by Gasteiger charge is -2.07. The van der Waals surface area contributed by atoms with E-state index in [-0.39, 0.29) is 17.1 Å². The molecule has 0 bridgehead atoms. The van der Waals surface area contributed by atoms with Crippen LogP contribution in [0.25, 0.3) is 5.57 Å². The number of carboxylic acid groups (broad SMARTS) is 1. The maximum absolute atomic E-state index is 11.2. The van der Waals surface area contributed by atoms with Crippen LogP contribution >= 0.6 is 0 Å². The lowest BCUT2D eigenvalue weighted by Crippen LogP contribution is -2.06. The molecule has 0 aliphatic carbocycles. The number of hydrogen-bond donors (Lipinski definition) is 4. The van der Waals surface area contributed by atoms with Crippen molar-refractivity contribution >= 4 is 27.3 Å². The fourth-order valence-electron chi connectivity index (χ4n) is 1.56. The molecule has 0 saturated carbocycles. The van der Waals surface area contributed by atoms with Crippen molar-refractivity contribution in [1.29, 1.82) is 5.26 Å². The smallest absolute Gasteiger partial charge is 0.337 e. The summed E-state index contributed by atoms with van der Waals surface area (Å²) in [5.41, 5.74) is -0.447. The van der Waals surface area contributed by atoms with Gasteiger partial charge in [-0.05, 0) is 23.4 Å². The van der Waals surface area contributed by atoms with Crippen molar-refractivity contribution in [3.05, 3.63) is 35.8 Å². The van der Waals surface area contributed by atoms with E-state index in [1.165, 1.54) is 0 Å². The van der Waals surface area contributed by atoms with E-state index in [9.17, 15) is 13.2 Å². The molecule has 0 aliphatic rings. The highest BCUT2D eigenvalue weighted by Gasteiger charge is 2.17. The molecule has 0 atom stereocenters. The van der Waals surface area contributed by atoms with Crippen molar-refractivity contribution in [2.45, 2.75) is 4.90 Å². The SMILES string of the molecule is N#CC(=CNc1ccc(S(=O)(=O)O)cc1C(=O)O)c1nn[nH]n1. The zero-order valence-electron chi connectivity index (χ0n) is 11.1.